The summed E-state index contributed by atoms with van der Waals surface area (Å²) in [5.74, 6) is 1.75. The minimum Gasteiger partial charge on any atom is -0.481 e. The Balaban J connectivity index is 1.61. The number of hydrogen-bond acceptors (Lipinski definition) is 1. The van der Waals surface area contributed by atoms with E-state index in [1.807, 2.05) is 0 Å². The second-order valence-electron chi connectivity index (χ2n) is 13.1. The maximum absolute atomic E-state index is 16.6. The van der Waals surface area contributed by atoms with E-state index in [9.17, 15) is 9.90 Å². The Labute approximate surface area is 226 Å². The van der Waals surface area contributed by atoms with E-state index >= 15 is 4.39 Å². The van der Waals surface area contributed by atoms with E-state index in [4.69, 9.17) is 0 Å². The van der Waals surface area contributed by atoms with Crippen LogP contribution in [0.15, 0.2) is 24.3 Å². The number of alkyl halides is 1. The standard InChI is InChI=1S/C34H53FO2/c1-4-6-10-26-13-17-27(18-14-26)24(3)30-11-7-8-12-31(30)34(22-21-28(33(36)37)23-32(34)35)29-19-15-25(9-5-2)16-20-29/h7-8,11-12,24-29,32H,4-6,9-10,13-23H2,1-3H3,(H,36,37). The van der Waals surface area contributed by atoms with Gasteiger partial charge in [0.2, 0.25) is 0 Å². The van der Waals surface area contributed by atoms with Gasteiger partial charge in [-0.3, -0.25) is 4.79 Å². The predicted molar refractivity (Wildman–Crippen MR) is 152 cm³/mol. The molecule has 3 aliphatic carbocycles. The Morgan fingerprint density at radius 1 is 0.946 bits per heavy atom. The van der Waals surface area contributed by atoms with E-state index in [1.165, 1.54) is 81.8 Å². The van der Waals surface area contributed by atoms with Crippen LogP contribution in [-0.4, -0.2) is 17.2 Å². The number of hydrogen-bond donors (Lipinski definition) is 1. The lowest BCUT2D eigenvalue weighted by Crippen LogP contribution is -2.50. The number of carbonyl (C=O) groups is 1. The lowest BCUT2D eigenvalue weighted by molar-refractivity contribution is -0.145. The van der Waals surface area contributed by atoms with Crippen LogP contribution in [0, 0.1) is 29.6 Å². The molecule has 0 heterocycles. The maximum Gasteiger partial charge on any atom is 0.306 e. The van der Waals surface area contributed by atoms with Gasteiger partial charge in [-0.15, -0.1) is 0 Å². The maximum atomic E-state index is 16.6. The van der Waals surface area contributed by atoms with Gasteiger partial charge in [0.05, 0.1) is 5.92 Å². The lowest BCUT2D eigenvalue weighted by Gasteiger charge is -2.51. The van der Waals surface area contributed by atoms with Crippen molar-refractivity contribution in [3.8, 4) is 0 Å². The van der Waals surface area contributed by atoms with Crippen molar-refractivity contribution in [3.05, 3.63) is 35.4 Å². The molecule has 4 atom stereocenters. The van der Waals surface area contributed by atoms with Gasteiger partial charge in [0, 0.05) is 5.41 Å². The number of aliphatic carboxylic acids is 1. The van der Waals surface area contributed by atoms with E-state index in [0.717, 1.165) is 24.7 Å². The highest BCUT2D eigenvalue weighted by molar-refractivity contribution is 5.70. The van der Waals surface area contributed by atoms with E-state index < -0.39 is 23.5 Å². The average Bonchev–Trinajstić information content (AvgIpc) is 2.92. The zero-order valence-corrected chi connectivity index (χ0v) is 23.9. The molecule has 4 unspecified atom stereocenters. The zero-order chi connectivity index (χ0) is 26.4. The van der Waals surface area contributed by atoms with Crippen molar-refractivity contribution in [3.63, 3.8) is 0 Å². The lowest BCUT2D eigenvalue weighted by atomic mass is 9.54. The Morgan fingerprint density at radius 3 is 2.22 bits per heavy atom. The molecule has 0 radical (unpaired) electrons. The van der Waals surface area contributed by atoms with E-state index in [-0.39, 0.29) is 6.42 Å². The van der Waals surface area contributed by atoms with E-state index in [0.29, 0.717) is 30.6 Å². The van der Waals surface area contributed by atoms with Gasteiger partial charge in [0.1, 0.15) is 6.17 Å². The molecule has 3 fully saturated rings. The summed E-state index contributed by atoms with van der Waals surface area (Å²) in [7, 11) is 0. The smallest absolute Gasteiger partial charge is 0.306 e. The minimum atomic E-state index is -1.08. The third-order valence-electron chi connectivity index (χ3n) is 11.1. The Bertz CT molecular complexity index is 851. The van der Waals surface area contributed by atoms with Gasteiger partial charge in [-0.05, 0) is 85.7 Å². The summed E-state index contributed by atoms with van der Waals surface area (Å²) in [5, 5.41) is 9.72. The molecule has 0 amide bonds. The number of halogens is 1. The van der Waals surface area contributed by atoms with Crippen LogP contribution in [0.25, 0.3) is 0 Å². The van der Waals surface area contributed by atoms with Crippen LogP contribution in [0.1, 0.15) is 141 Å². The quantitative estimate of drug-likeness (QED) is 0.339. The van der Waals surface area contributed by atoms with Crippen molar-refractivity contribution in [2.75, 3.05) is 0 Å². The van der Waals surface area contributed by atoms with Crippen LogP contribution in [0.3, 0.4) is 0 Å². The van der Waals surface area contributed by atoms with Gasteiger partial charge in [0.25, 0.3) is 0 Å². The molecule has 1 N–H and O–H groups in total. The number of carboxylic acids is 1. The predicted octanol–water partition coefficient (Wildman–Crippen LogP) is 9.85. The molecule has 4 rings (SSSR count). The highest BCUT2D eigenvalue weighted by Gasteiger charge is 2.53. The second-order valence-corrected chi connectivity index (χ2v) is 13.1. The largest absolute Gasteiger partial charge is 0.481 e. The molecular formula is C34H53FO2. The Hall–Kier alpha value is -1.38. The SMILES string of the molecule is CCCCC1CCC(C(C)c2ccccc2C2(C3CCC(CCC)CC3)CCC(C(=O)O)CC2F)CC1. The number of unbranched alkanes of at least 4 members (excludes halogenated alkanes) is 1. The van der Waals surface area contributed by atoms with Crippen molar-refractivity contribution < 1.29 is 14.3 Å². The molecule has 3 aliphatic rings. The summed E-state index contributed by atoms with van der Waals surface area (Å²) in [4.78, 5) is 11.8. The summed E-state index contributed by atoms with van der Waals surface area (Å²) in [6, 6.07) is 8.81. The van der Waals surface area contributed by atoms with Crippen molar-refractivity contribution in [1.29, 1.82) is 0 Å². The monoisotopic (exact) mass is 512 g/mol. The topological polar surface area (TPSA) is 37.3 Å². The van der Waals surface area contributed by atoms with Crippen molar-refractivity contribution >= 4 is 5.97 Å². The van der Waals surface area contributed by atoms with Crippen LogP contribution >= 0.6 is 0 Å². The minimum absolute atomic E-state index is 0.176. The van der Waals surface area contributed by atoms with E-state index in [1.54, 1.807) is 0 Å². The van der Waals surface area contributed by atoms with Gasteiger partial charge < -0.3 is 5.11 Å². The van der Waals surface area contributed by atoms with Crippen LogP contribution < -0.4 is 0 Å². The number of benzene rings is 1. The Morgan fingerprint density at radius 2 is 1.59 bits per heavy atom. The Kier molecular flexibility index (Phi) is 10.1. The molecule has 1 aromatic rings. The summed E-state index contributed by atoms with van der Waals surface area (Å²) in [6.07, 6.45) is 16.8. The first-order chi connectivity index (χ1) is 17.9. The zero-order valence-electron chi connectivity index (χ0n) is 23.9. The molecule has 37 heavy (non-hydrogen) atoms. The molecule has 2 nitrogen and oxygen atoms in total. The van der Waals surface area contributed by atoms with Gasteiger partial charge in [0.15, 0.2) is 0 Å². The second kappa shape index (κ2) is 13.1. The molecule has 1 aromatic carbocycles. The van der Waals surface area contributed by atoms with Crippen molar-refractivity contribution in [2.45, 2.75) is 141 Å². The summed E-state index contributed by atoms with van der Waals surface area (Å²) < 4.78 is 16.6. The molecule has 3 heteroatoms. The molecule has 3 saturated carbocycles. The molecule has 0 saturated heterocycles. The van der Waals surface area contributed by atoms with Crippen LogP contribution in [0.5, 0.6) is 0 Å². The van der Waals surface area contributed by atoms with Crippen LogP contribution in [0.4, 0.5) is 4.39 Å². The fourth-order valence-electron chi connectivity index (χ4n) is 8.77. The molecule has 0 aliphatic heterocycles. The van der Waals surface area contributed by atoms with Crippen molar-refractivity contribution in [1.82, 2.24) is 0 Å². The van der Waals surface area contributed by atoms with E-state index in [2.05, 4.69) is 45.0 Å². The summed E-state index contributed by atoms with van der Waals surface area (Å²) >= 11 is 0. The normalized spacial score (nSPS) is 35.7. The average molecular weight is 513 g/mol. The van der Waals surface area contributed by atoms with Gasteiger partial charge in [-0.1, -0.05) is 103 Å². The molecular weight excluding hydrogens is 459 g/mol. The molecule has 208 valence electrons. The van der Waals surface area contributed by atoms with Gasteiger partial charge in [-0.2, -0.15) is 0 Å². The van der Waals surface area contributed by atoms with Crippen molar-refractivity contribution in [2.24, 2.45) is 29.6 Å². The van der Waals surface area contributed by atoms with Gasteiger partial charge in [-0.25, -0.2) is 4.39 Å². The number of rotatable bonds is 10. The third-order valence-corrected chi connectivity index (χ3v) is 11.1. The highest BCUT2D eigenvalue weighted by Crippen LogP contribution is 2.55. The summed E-state index contributed by atoms with van der Waals surface area (Å²) in [6.45, 7) is 6.96. The molecule has 0 bridgehead atoms. The summed E-state index contributed by atoms with van der Waals surface area (Å²) in [5.41, 5.74) is 2.09. The fourth-order valence-corrected chi connectivity index (χ4v) is 8.77. The highest BCUT2D eigenvalue weighted by atomic mass is 19.1. The third kappa shape index (κ3) is 6.27. The molecule has 0 aromatic heterocycles. The first-order valence-electron chi connectivity index (χ1n) is 15.9. The first-order valence-corrected chi connectivity index (χ1v) is 15.9. The van der Waals surface area contributed by atoms with Crippen LogP contribution in [0.2, 0.25) is 0 Å². The fraction of sp³-hybridized carbons (Fsp3) is 0.794. The first kappa shape index (κ1) is 28.6. The van der Waals surface area contributed by atoms with Crippen LogP contribution in [-0.2, 0) is 10.2 Å². The molecule has 0 spiro atoms. The number of carboxylic acid groups (broad SMARTS) is 1. The van der Waals surface area contributed by atoms with Gasteiger partial charge >= 0.3 is 5.97 Å².